The quantitative estimate of drug-likeness (QED) is 0.862. The summed E-state index contributed by atoms with van der Waals surface area (Å²) in [5.74, 6) is 0.936. The molecule has 1 aromatic rings. The Morgan fingerprint density at radius 1 is 1.25 bits per heavy atom. The number of nitrogens with zero attached hydrogens (tertiary/aromatic N) is 1. The number of rotatable bonds is 6. The second kappa shape index (κ2) is 6.15. The molecule has 2 atom stereocenters. The predicted molar refractivity (Wildman–Crippen MR) is 82.3 cm³/mol. The average molecular weight is 274 g/mol. The minimum atomic E-state index is 0.684. The molecule has 1 aliphatic carbocycles. The highest BCUT2D eigenvalue weighted by Gasteiger charge is 2.38. The summed E-state index contributed by atoms with van der Waals surface area (Å²) in [6.45, 7) is 4.69. The molecule has 1 saturated carbocycles. The minimum absolute atomic E-state index is 0.684. The Kier molecular flexibility index (Phi) is 4.27. The van der Waals surface area contributed by atoms with Gasteiger partial charge in [0.25, 0.3) is 0 Å². The summed E-state index contributed by atoms with van der Waals surface area (Å²) in [5, 5.41) is 3.73. The van der Waals surface area contributed by atoms with E-state index in [1.165, 1.54) is 31.4 Å². The Balaban J connectivity index is 1.41. The zero-order chi connectivity index (χ0) is 13.9. The van der Waals surface area contributed by atoms with Gasteiger partial charge in [0.15, 0.2) is 0 Å². The second-order valence-electron chi connectivity index (χ2n) is 6.26. The van der Waals surface area contributed by atoms with Crippen molar-refractivity contribution in [1.29, 1.82) is 0 Å². The highest BCUT2D eigenvalue weighted by Crippen LogP contribution is 2.33. The van der Waals surface area contributed by atoms with Gasteiger partial charge in [-0.1, -0.05) is 12.1 Å². The molecule has 0 spiro atoms. The Morgan fingerprint density at radius 2 is 2.00 bits per heavy atom. The van der Waals surface area contributed by atoms with Crippen molar-refractivity contribution in [3.63, 3.8) is 0 Å². The van der Waals surface area contributed by atoms with Crippen LogP contribution in [0.3, 0.4) is 0 Å². The molecule has 2 aliphatic rings. The van der Waals surface area contributed by atoms with Crippen LogP contribution < -0.4 is 10.1 Å². The van der Waals surface area contributed by atoms with Gasteiger partial charge in [-0.25, -0.2) is 0 Å². The number of benzene rings is 1. The Hall–Kier alpha value is -1.06. The van der Waals surface area contributed by atoms with Gasteiger partial charge in [0.05, 0.1) is 7.11 Å². The molecule has 0 amide bonds. The molecule has 1 aliphatic heterocycles. The monoisotopic (exact) mass is 274 g/mol. The molecule has 1 saturated heterocycles. The molecular weight excluding hydrogens is 248 g/mol. The van der Waals surface area contributed by atoms with Crippen molar-refractivity contribution in [3.8, 4) is 5.75 Å². The van der Waals surface area contributed by atoms with Gasteiger partial charge in [-0.3, -0.25) is 4.90 Å². The Labute approximate surface area is 122 Å². The van der Waals surface area contributed by atoms with E-state index in [-0.39, 0.29) is 0 Å². The lowest BCUT2D eigenvalue weighted by Crippen LogP contribution is -2.35. The van der Waals surface area contributed by atoms with Crippen molar-refractivity contribution in [2.24, 2.45) is 0 Å². The molecule has 1 heterocycles. The van der Waals surface area contributed by atoms with Crippen LogP contribution in [0.15, 0.2) is 24.3 Å². The van der Waals surface area contributed by atoms with Crippen molar-refractivity contribution in [2.45, 2.75) is 50.7 Å². The van der Waals surface area contributed by atoms with Crippen LogP contribution in [0.1, 0.15) is 31.7 Å². The van der Waals surface area contributed by atoms with E-state index in [0.717, 1.165) is 30.8 Å². The largest absolute Gasteiger partial charge is 0.497 e. The first kappa shape index (κ1) is 13.9. The van der Waals surface area contributed by atoms with Gasteiger partial charge in [0.1, 0.15) is 5.75 Å². The van der Waals surface area contributed by atoms with Crippen molar-refractivity contribution in [3.05, 3.63) is 29.8 Å². The minimum Gasteiger partial charge on any atom is -0.497 e. The highest BCUT2D eigenvalue weighted by atomic mass is 16.5. The maximum Gasteiger partial charge on any atom is 0.118 e. The van der Waals surface area contributed by atoms with Gasteiger partial charge in [-0.05, 0) is 56.8 Å². The van der Waals surface area contributed by atoms with E-state index in [4.69, 9.17) is 4.74 Å². The molecule has 0 bridgehead atoms. The molecule has 3 nitrogen and oxygen atoms in total. The molecule has 2 fully saturated rings. The third kappa shape index (κ3) is 3.33. The molecule has 1 aromatic carbocycles. The van der Waals surface area contributed by atoms with Gasteiger partial charge >= 0.3 is 0 Å². The van der Waals surface area contributed by atoms with Gasteiger partial charge < -0.3 is 10.1 Å². The van der Waals surface area contributed by atoms with Crippen molar-refractivity contribution < 1.29 is 4.74 Å². The van der Waals surface area contributed by atoms with Gasteiger partial charge in [0, 0.05) is 24.7 Å². The van der Waals surface area contributed by atoms with Crippen LogP contribution in [0.5, 0.6) is 5.75 Å². The number of hydrogen-bond donors (Lipinski definition) is 1. The molecule has 0 aromatic heterocycles. The van der Waals surface area contributed by atoms with E-state index in [1.807, 2.05) is 12.1 Å². The van der Waals surface area contributed by atoms with Crippen LogP contribution in [0, 0.1) is 0 Å². The van der Waals surface area contributed by atoms with E-state index in [1.54, 1.807) is 7.11 Å². The summed E-state index contributed by atoms with van der Waals surface area (Å²) in [4.78, 5) is 2.70. The molecular formula is C17H26N2O. The van der Waals surface area contributed by atoms with Crippen LogP contribution in [0.2, 0.25) is 0 Å². The second-order valence-corrected chi connectivity index (χ2v) is 6.26. The molecule has 3 rings (SSSR count). The van der Waals surface area contributed by atoms with Crippen LogP contribution >= 0.6 is 0 Å². The maximum atomic E-state index is 5.19. The maximum absolute atomic E-state index is 5.19. The number of nitrogens with one attached hydrogen (secondary N) is 1. The lowest BCUT2D eigenvalue weighted by atomic mass is 10.1. The average Bonchev–Trinajstić information content (AvgIpc) is 3.24. The van der Waals surface area contributed by atoms with E-state index in [0.29, 0.717) is 6.04 Å². The normalized spacial score (nSPS) is 26.9. The zero-order valence-electron chi connectivity index (χ0n) is 12.6. The molecule has 1 N–H and O–H groups in total. The third-order valence-corrected chi connectivity index (χ3v) is 4.64. The highest BCUT2D eigenvalue weighted by molar-refractivity contribution is 5.27. The number of likely N-dealkylation sites (tertiary alicyclic amines) is 1. The summed E-state index contributed by atoms with van der Waals surface area (Å²) < 4.78 is 5.19. The topological polar surface area (TPSA) is 24.5 Å². The van der Waals surface area contributed by atoms with Crippen LogP contribution in [-0.4, -0.2) is 43.2 Å². The van der Waals surface area contributed by atoms with Crippen LogP contribution in [0.25, 0.3) is 0 Å². The first-order valence-electron chi connectivity index (χ1n) is 7.88. The van der Waals surface area contributed by atoms with Crippen molar-refractivity contribution in [1.82, 2.24) is 10.2 Å². The lowest BCUT2D eigenvalue weighted by Gasteiger charge is -2.19. The first-order chi connectivity index (χ1) is 9.76. The zero-order valence-corrected chi connectivity index (χ0v) is 12.6. The Morgan fingerprint density at radius 3 is 2.65 bits per heavy atom. The van der Waals surface area contributed by atoms with Crippen LogP contribution in [0.4, 0.5) is 0 Å². The van der Waals surface area contributed by atoms with Crippen LogP contribution in [-0.2, 0) is 6.42 Å². The van der Waals surface area contributed by atoms with E-state index in [2.05, 4.69) is 29.3 Å². The van der Waals surface area contributed by atoms with E-state index >= 15 is 0 Å². The van der Waals surface area contributed by atoms with Gasteiger partial charge in [0.2, 0.25) is 0 Å². The standard InChI is InChI=1S/C17H26N2O/c1-13-11-15(12-19(13)16-5-6-16)18-10-9-14-3-7-17(20-2)8-4-14/h3-4,7-8,13,15-16,18H,5-6,9-12H2,1-2H3. The van der Waals surface area contributed by atoms with Gasteiger partial charge in [-0.15, -0.1) is 0 Å². The summed E-state index contributed by atoms with van der Waals surface area (Å²) in [5.41, 5.74) is 1.38. The molecule has 3 heteroatoms. The van der Waals surface area contributed by atoms with Gasteiger partial charge in [-0.2, -0.15) is 0 Å². The van der Waals surface area contributed by atoms with E-state index in [9.17, 15) is 0 Å². The Bertz CT molecular complexity index is 427. The van der Waals surface area contributed by atoms with Crippen molar-refractivity contribution in [2.75, 3.05) is 20.2 Å². The molecule has 0 radical (unpaired) electrons. The summed E-state index contributed by atoms with van der Waals surface area (Å²) in [7, 11) is 1.71. The number of hydrogen-bond acceptors (Lipinski definition) is 3. The first-order valence-corrected chi connectivity index (χ1v) is 7.88. The summed E-state index contributed by atoms with van der Waals surface area (Å²) in [6, 6.07) is 10.8. The number of ether oxygens (including phenoxy) is 1. The smallest absolute Gasteiger partial charge is 0.118 e. The fraction of sp³-hybridized carbons (Fsp3) is 0.647. The fourth-order valence-corrected chi connectivity index (χ4v) is 3.33. The van der Waals surface area contributed by atoms with E-state index < -0.39 is 0 Å². The lowest BCUT2D eigenvalue weighted by molar-refractivity contribution is 0.255. The fourth-order valence-electron chi connectivity index (χ4n) is 3.33. The van der Waals surface area contributed by atoms with Crippen molar-refractivity contribution >= 4 is 0 Å². The SMILES string of the molecule is COc1ccc(CCNC2CC(C)N(C3CC3)C2)cc1. The number of methoxy groups -OCH3 is 1. The summed E-state index contributed by atoms with van der Waals surface area (Å²) >= 11 is 0. The predicted octanol–water partition coefficient (Wildman–Crippen LogP) is 2.45. The molecule has 2 unspecified atom stereocenters. The summed E-state index contributed by atoms with van der Waals surface area (Å²) in [6.07, 6.45) is 5.24. The molecule has 110 valence electrons. The third-order valence-electron chi connectivity index (χ3n) is 4.64. The molecule has 20 heavy (non-hydrogen) atoms.